The molecule has 1 aliphatic carbocycles. The Morgan fingerprint density at radius 2 is 1.46 bits per heavy atom. The number of aromatic nitrogens is 2. The molecule has 0 amide bonds. The van der Waals surface area contributed by atoms with Crippen molar-refractivity contribution in [3.05, 3.63) is 127 Å². The minimum Gasteiger partial charge on any atom is -0.355 e. The van der Waals surface area contributed by atoms with Crippen molar-refractivity contribution in [1.82, 2.24) is 9.55 Å². The average molecular weight is 507 g/mol. The maximum atomic E-state index is 4.81. The highest BCUT2D eigenvalue weighted by Gasteiger charge is 2.41. The molecule has 4 nitrogen and oxygen atoms in total. The molecular weight excluding hydrogens is 476 g/mol. The zero-order valence-corrected chi connectivity index (χ0v) is 22.1. The molecule has 0 radical (unpaired) electrons. The fraction of sp³-hybridized carbons (Fsp3) is 0.171. The van der Waals surface area contributed by atoms with Crippen molar-refractivity contribution in [1.29, 1.82) is 0 Å². The summed E-state index contributed by atoms with van der Waals surface area (Å²) in [4.78, 5) is 9.53. The van der Waals surface area contributed by atoms with Gasteiger partial charge in [-0.3, -0.25) is 4.98 Å². The Balaban J connectivity index is 1.32. The van der Waals surface area contributed by atoms with Gasteiger partial charge in [0, 0.05) is 40.8 Å². The molecule has 4 aromatic carbocycles. The monoisotopic (exact) mass is 506 g/mol. The second-order valence-electron chi connectivity index (χ2n) is 11.0. The zero-order valence-electron chi connectivity index (χ0n) is 22.1. The summed E-state index contributed by atoms with van der Waals surface area (Å²) in [7, 11) is 2.16. The summed E-state index contributed by atoms with van der Waals surface area (Å²) in [6.45, 7) is 0.840. The van der Waals surface area contributed by atoms with Crippen LogP contribution in [0.25, 0.3) is 27.5 Å². The number of fused-ring (bicyclic) bond motifs is 4. The average Bonchev–Trinajstić information content (AvgIpc) is 3.48. The Kier molecular flexibility index (Phi) is 4.87. The number of rotatable bonds is 4. The van der Waals surface area contributed by atoms with Gasteiger partial charge in [0.1, 0.15) is 0 Å². The largest absolute Gasteiger partial charge is 0.355 e. The molecule has 3 heterocycles. The van der Waals surface area contributed by atoms with E-state index in [1.54, 1.807) is 0 Å². The van der Waals surface area contributed by atoms with Gasteiger partial charge in [-0.05, 0) is 73.0 Å². The lowest BCUT2D eigenvalue weighted by Gasteiger charge is -2.42. The van der Waals surface area contributed by atoms with Gasteiger partial charge < -0.3 is 14.4 Å². The highest BCUT2D eigenvalue weighted by Crippen LogP contribution is 2.49. The van der Waals surface area contributed by atoms with E-state index in [9.17, 15) is 0 Å². The molecule has 0 spiro atoms. The van der Waals surface area contributed by atoms with Crippen LogP contribution in [0.2, 0.25) is 0 Å². The number of nitrogens with zero attached hydrogens (tertiary/aromatic N) is 4. The van der Waals surface area contributed by atoms with E-state index in [1.807, 2.05) is 12.3 Å². The SMILES string of the molecule is CN1CN(c2ccc3c4ccccc4n(-c4cccc(C5(c6ccccn6)CCC5)c4)c3c2)c2ccccc21. The van der Waals surface area contributed by atoms with Crippen LogP contribution in [-0.2, 0) is 5.41 Å². The summed E-state index contributed by atoms with van der Waals surface area (Å²) < 4.78 is 2.45. The first-order valence-corrected chi connectivity index (χ1v) is 13.9. The van der Waals surface area contributed by atoms with Crippen LogP contribution in [0.1, 0.15) is 30.5 Å². The predicted octanol–water partition coefficient (Wildman–Crippen LogP) is 8.19. The van der Waals surface area contributed by atoms with Gasteiger partial charge in [-0.25, -0.2) is 0 Å². The van der Waals surface area contributed by atoms with Crippen molar-refractivity contribution in [3.63, 3.8) is 0 Å². The van der Waals surface area contributed by atoms with E-state index >= 15 is 0 Å². The molecule has 6 aromatic rings. The van der Waals surface area contributed by atoms with E-state index < -0.39 is 0 Å². The molecule has 8 rings (SSSR count). The van der Waals surface area contributed by atoms with Crippen LogP contribution in [0, 0.1) is 0 Å². The van der Waals surface area contributed by atoms with Crippen molar-refractivity contribution in [2.24, 2.45) is 0 Å². The number of anilines is 3. The second-order valence-corrected chi connectivity index (χ2v) is 11.0. The molecule has 0 unspecified atom stereocenters. The van der Waals surface area contributed by atoms with Gasteiger partial charge in [0.05, 0.1) is 34.8 Å². The fourth-order valence-corrected chi connectivity index (χ4v) is 6.82. The van der Waals surface area contributed by atoms with E-state index in [2.05, 4.69) is 125 Å². The van der Waals surface area contributed by atoms with E-state index in [-0.39, 0.29) is 5.41 Å². The van der Waals surface area contributed by atoms with Crippen LogP contribution in [-0.4, -0.2) is 23.3 Å². The van der Waals surface area contributed by atoms with Crippen LogP contribution in [0.4, 0.5) is 17.1 Å². The summed E-state index contributed by atoms with van der Waals surface area (Å²) in [6.07, 6.45) is 5.46. The molecule has 2 aromatic heterocycles. The van der Waals surface area contributed by atoms with E-state index in [0.717, 1.165) is 19.5 Å². The van der Waals surface area contributed by atoms with Crippen molar-refractivity contribution in [2.75, 3.05) is 23.5 Å². The Morgan fingerprint density at radius 3 is 2.28 bits per heavy atom. The Bertz CT molecular complexity index is 1850. The molecule has 0 atom stereocenters. The van der Waals surface area contributed by atoms with Gasteiger partial charge in [-0.2, -0.15) is 0 Å². The molecule has 39 heavy (non-hydrogen) atoms. The molecule has 0 N–H and O–H groups in total. The lowest BCUT2D eigenvalue weighted by atomic mass is 9.62. The van der Waals surface area contributed by atoms with Crippen LogP contribution >= 0.6 is 0 Å². The summed E-state index contributed by atoms with van der Waals surface area (Å²) in [6, 6.07) is 39.9. The molecule has 2 aliphatic rings. The first-order chi connectivity index (χ1) is 19.2. The molecule has 1 fully saturated rings. The molecular formula is C35H30N4. The van der Waals surface area contributed by atoms with Crippen molar-refractivity contribution >= 4 is 38.9 Å². The van der Waals surface area contributed by atoms with E-state index in [1.165, 1.54) is 62.2 Å². The maximum absolute atomic E-state index is 4.81. The number of hydrogen-bond donors (Lipinski definition) is 0. The van der Waals surface area contributed by atoms with Gasteiger partial charge in [-0.1, -0.05) is 61.0 Å². The van der Waals surface area contributed by atoms with Gasteiger partial charge >= 0.3 is 0 Å². The minimum absolute atomic E-state index is 0.00500. The molecule has 1 aliphatic heterocycles. The van der Waals surface area contributed by atoms with Gasteiger partial charge in [0.15, 0.2) is 0 Å². The third-order valence-corrected chi connectivity index (χ3v) is 8.93. The van der Waals surface area contributed by atoms with Crippen molar-refractivity contribution < 1.29 is 0 Å². The summed E-state index contributed by atoms with van der Waals surface area (Å²) in [5.41, 5.74) is 9.97. The smallest absolute Gasteiger partial charge is 0.0950 e. The van der Waals surface area contributed by atoms with Crippen molar-refractivity contribution in [2.45, 2.75) is 24.7 Å². The highest BCUT2D eigenvalue weighted by molar-refractivity contribution is 6.10. The number of para-hydroxylation sites is 3. The highest BCUT2D eigenvalue weighted by atomic mass is 15.4. The molecule has 4 heteroatoms. The van der Waals surface area contributed by atoms with Gasteiger partial charge in [0.2, 0.25) is 0 Å². The normalized spacial score (nSPS) is 16.0. The summed E-state index contributed by atoms with van der Waals surface area (Å²) in [5.74, 6) is 0. The third-order valence-electron chi connectivity index (χ3n) is 8.93. The summed E-state index contributed by atoms with van der Waals surface area (Å²) in [5, 5.41) is 2.56. The van der Waals surface area contributed by atoms with Crippen LogP contribution in [0.3, 0.4) is 0 Å². The van der Waals surface area contributed by atoms with Gasteiger partial charge in [0.25, 0.3) is 0 Å². The zero-order chi connectivity index (χ0) is 26.0. The first-order valence-electron chi connectivity index (χ1n) is 13.9. The van der Waals surface area contributed by atoms with Gasteiger partial charge in [-0.15, -0.1) is 0 Å². The first kappa shape index (κ1) is 22.4. The molecule has 1 saturated carbocycles. The Morgan fingerprint density at radius 1 is 0.667 bits per heavy atom. The van der Waals surface area contributed by atoms with Crippen LogP contribution in [0.15, 0.2) is 115 Å². The number of hydrogen-bond acceptors (Lipinski definition) is 3. The predicted molar refractivity (Wildman–Crippen MR) is 161 cm³/mol. The third kappa shape index (κ3) is 3.27. The quantitative estimate of drug-likeness (QED) is 0.241. The maximum Gasteiger partial charge on any atom is 0.0950 e. The topological polar surface area (TPSA) is 24.3 Å². The van der Waals surface area contributed by atoms with E-state index in [0.29, 0.717) is 0 Å². The molecule has 0 saturated heterocycles. The summed E-state index contributed by atoms with van der Waals surface area (Å²) >= 11 is 0. The fourth-order valence-electron chi connectivity index (χ4n) is 6.82. The lowest BCUT2D eigenvalue weighted by molar-refractivity contribution is 0.293. The molecule has 0 bridgehead atoms. The van der Waals surface area contributed by atoms with E-state index in [4.69, 9.17) is 4.98 Å². The number of benzene rings is 4. The molecule has 190 valence electrons. The lowest BCUT2D eigenvalue weighted by Crippen LogP contribution is -2.36. The number of pyridine rings is 1. The minimum atomic E-state index is 0.00500. The Labute approximate surface area is 228 Å². The standard InChI is InChI=1S/C35H30N4/c1-37-24-38(32-15-5-4-14-31(32)37)26-17-18-29-28-12-2-3-13-30(28)39(33(29)23-26)27-11-8-10-25(22-27)35(19-9-20-35)34-16-6-7-21-36-34/h2-8,10-18,21-23H,9,19-20,24H2,1H3. The van der Waals surface area contributed by atoms with Crippen LogP contribution in [0.5, 0.6) is 0 Å². The second kappa shape index (κ2) is 8.47. The Hall–Kier alpha value is -4.57. The van der Waals surface area contributed by atoms with Crippen LogP contribution < -0.4 is 9.80 Å². The van der Waals surface area contributed by atoms with Crippen molar-refractivity contribution in [3.8, 4) is 5.69 Å².